The number of hydrogen-bond acceptors (Lipinski definition) is 7. The smallest absolute Gasteiger partial charge is 0.281 e. The molecule has 3 aromatic heterocycles. The van der Waals surface area contributed by atoms with Crippen molar-refractivity contribution in [2.75, 3.05) is 0 Å². The summed E-state index contributed by atoms with van der Waals surface area (Å²) in [6.07, 6.45) is 3.48. The van der Waals surface area contributed by atoms with Crippen LogP contribution in [0.25, 0.3) is 10.4 Å². The normalized spacial score (nSPS) is 11.4. The molecule has 0 bridgehead atoms. The van der Waals surface area contributed by atoms with Gasteiger partial charge < -0.3 is 15.0 Å². The van der Waals surface area contributed by atoms with E-state index in [0.717, 1.165) is 31.9 Å². The number of aromatic hydroxyl groups is 1. The van der Waals surface area contributed by atoms with Crippen molar-refractivity contribution in [3.63, 3.8) is 0 Å². The summed E-state index contributed by atoms with van der Waals surface area (Å²) in [6, 6.07) is 10.8. The number of benzene rings is 1. The van der Waals surface area contributed by atoms with Crippen molar-refractivity contribution >= 4 is 56.1 Å². The van der Waals surface area contributed by atoms with Gasteiger partial charge in [-0.05, 0) is 36.8 Å². The molecule has 0 fully saturated rings. The van der Waals surface area contributed by atoms with E-state index in [4.69, 9.17) is 0 Å². The number of hydrogen-bond donors (Lipinski definition) is 3. The number of hydrazone groups is 1. The number of halogens is 1. The predicted octanol–water partition coefficient (Wildman–Crippen LogP) is 4.76. The number of aryl methyl sites for hydroxylation is 1. The second-order valence-corrected chi connectivity index (χ2v) is 10.2. The Hall–Kier alpha value is -3.28. The van der Waals surface area contributed by atoms with Gasteiger partial charge in [-0.15, -0.1) is 22.7 Å². The van der Waals surface area contributed by atoms with Gasteiger partial charge in [-0.2, -0.15) is 5.10 Å². The Labute approximate surface area is 212 Å². The number of nitrogens with zero attached hydrogens (tertiary/aromatic N) is 3. The van der Waals surface area contributed by atoms with Crippen molar-refractivity contribution in [1.82, 2.24) is 20.3 Å². The summed E-state index contributed by atoms with van der Waals surface area (Å²) in [5, 5.41) is 19.4. The molecule has 174 valence electrons. The van der Waals surface area contributed by atoms with Gasteiger partial charge in [-0.3, -0.25) is 9.59 Å². The van der Waals surface area contributed by atoms with Gasteiger partial charge in [0.15, 0.2) is 0 Å². The van der Waals surface area contributed by atoms with Crippen molar-refractivity contribution < 1.29 is 14.7 Å². The van der Waals surface area contributed by atoms with Crippen LogP contribution in [0.2, 0.25) is 0 Å². The summed E-state index contributed by atoms with van der Waals surface area (Å²) in [5.41, 5.74) is 5.14. The molecule has 0 spiro atoms. The first-order chi connectivity index (χ1) is 16.3. The van der Waals surface area contributed by atoms with Crippen LogP contribution in [0.5, 0.6) is 5.75 Å². The van der Waals surface area contributed by atoms with E-state index in [1.165, 1.54) is 11.3 Å². The molecule has 0 radical (unpaired) electrons. The van der Waals surface area contributed by atoms with Crippen molar-refractivity contribution in [2.24, 2.45) is 12.1 Å². The molecule has 0 atom stereocenters. The minimum atomic E-state index is -0.434. The molecule has 0 saturated heterocycles. The van der Waals surface area contributed by atoms with E-state index in [-0.39, 0.29) is 11.7 Å². The molecule has 2 amide bonds. The number of thiophene rings is 2. The molecule has 8 nitrogen and oxygen atoms in total. The third-order valence-electron chi connectivity index (χ3n) is 4.83. The molecule has 0 aliphatic rings. The number of amides is 2. The monoisotopic (exact) mass is 557 g/mol. The summed E-state index contributed by atoms with van der Waals surface area (Å²) in [7, 11) is 1.85. The van der Waals surface area contributed by atoms with Gasteiger partial charge in [-0.1, -0.05) is 28.1 Å². The number of carbonyl (C=O) groups excluding carboxylic acids is 2. The predicted molar refractivity (Wildman–Crippen MR) is 137 cm³/mol. The fraction of sp³-hybridized carbons (Fsp3) is 0.130. The lowest BCUT2D eigenvalue weighted by atomic mass is 10.1. The van der Waals surface area contributed by atoms with E-state index in [1.807, 2.05) is 37.5 Å². The maximum absolute atomic E-state index is 12.5. The number of imidazole rings is 1. The van der Waals surface area contributed by atoms with Crippen molar-refractivity contribution in [3.05, 3.63) is 79.8 Å². The first-order valence-corrected chi connectivity index (χ1v) is 12.6. The number of carbonyl (C=O) groups is 2. The molecule has 4 rings (SSSR count). The second kappa shape index (κ2) is 10.3. The van der Waals surface area contributed by atoms with Crippen LogP contribution in [0.15, 0.2) is 63.9 Å². The summed E-state index contributed by atoms with van der Waals surface area (Å²) in [6.45, 7) is 2.01. The molecule has 11 heteroatoms. The van der Waals surface area contributed by atoms with Gasteiger partial charge in [0.1, 0.15) is 5.75 Å². The second-order valence-electron chi connectivity index (χ2n) is 7.35. The minimum absolute atomic E-state index is 0.116. The van der Waals surface area contributed by atoms with Gasteiger partial charge in [0.05, 0.1) is 44.5 Å². The summed E-state index contributed by atoms with van der Waals surface area (Å²) in [5.74, 6) is -0.597. The fourth-order valence-corrected chi connectivity index (χ4v) is 5.15. The van der Waals surface area contributed by atoms with E-state index < -0.39 is 5.91 Å². The zero-order valence-corrected chi connectivity index (χ0v) is 21.4. The van der Waals surface area contributed by atoms with E-state index in [1.54, 1.807) is 35.3 Å². The molecule has 0 unspecified atom stereocenters. The molecule has 3 heterocycles. The van der Waals surface area contributed by atoms with E-state index in [0.29, 0.717) is 27.6 Å². The summed E-state index contributed by atoms with van der Waals surface area (Å²) in [4.78, 5) is 30.5. The Bertz CT molecular complexity index is 1370. The number of rotatable bonds is 7. The van der Waals surface area contributed by atoms with E-state index in [9.17, 15) is 14.7 Å². The molecule has 1 aromatic carbocycles. The molecule has 4 aromatic rings. The van der Waals surface area contributed by atoms with Crippen LogP contribution in [-0.2, 0) is 13.6 Å². The standard InChI is InChI=1S/C23H20BrN5O3S2/c1-13(17-11-33-21(20(17)30)14-3-5-15(24)6-4-14)27-28-23(32)19-8-7-18(34-19)22(31)25-9-16-10-29(2)12-26-16/h3-8,10-12,30H,9H2,1-2H3,(H,25,31)(H,28,32)/b27-13+. The highest BCUT2D eigenvalue weighted by Gasteiger charge is 2.17. The molecule has 0 aliphatic heterocycles. The van der Waals surface area contributed by atoms with Crippen LogP contribution in [0.3, 0.4) is 0 Å². The third kappa shape index (κ3) is 5.44. The van der Waals surface area contributed by atoms with Gasteiger partial charge in [-0.25, -0.2) is 10.4 Å². The molecule has 34 heavy (non-hydrogen) atoms. The Balaban J connectivity index is 1.38. The van der Waals surface area contributed by atoms with Gasteiger partial charge >= 0.3 is 0 Å². The Morgan fingerprint density at radius 1 is 1.15 bits per heavy atom. The SMILES string of the molecule is C/C(=N\NC(=O)c1ccc(C(=O)NCc2cn(C)cn2)s1)c1csc(-c2ccc(Br)cc2)c1O. The minimum Gasteiger partial charge on any atom is -0.506 e. The zero-order chi connectivity index (χ0) is 24.2. The lowest BCUT2D eigenvalue weighted by molar-refractivity contribution is 0.0949. The molecular formula is C23H20BrN5O3S2. The van der Waals surface area contributed by atoms with Gasteiger partial charge in [0.2, 0.25) is 0 Å². The maximum Gasteiger partial charge on any atom is 0.281 e. The van der Waals surface area contributed by atoms with Crippen LogP contribution >= 0.6 is 38.6 Å². The summed E-state index contributed by atoms with van der Waals surface area (Å²) < 4.78 is 2.75. The Morgan fingerprint density at radius 3 is 2.53 bits per heavy atom. The Morgan fingerprint density at radius 2 is 1.85 bits per heavy atom. The lowest BCUT2D eigenvalue weighted by Crippen LogP contribution is -2.22. The number of nitrogens with one attached hydrogen (secondary N) is 2. The van der Waals surface area contributed by atoms with E-state index in [2.05, 4.69) is 36.8 Å². The topological polar surface area (TPSA) is 109 Å². The van der Waals surface area contributed by atoms with Crippen LogP contribution < -0.4 is 10.7 Å². The highest BCUT2D eigenvalue weighted by molar-refractivity contribution is 9.10. The molecule has 3 N–H and O–H groups in total. The quantitative estimate of drug-likeness (QED) is 0.225. The molecule has 0 saturated carbocycles. The average Bonchev–Trinajstić information content (AvgIpc) is 3.56. The lowest BCUT2D eigenvalue weighted by Gasteiger charge is -2.03. The van der Waals surface area contributed by atoms with Crippen LogP contribution in [0.1, 0.15) is 37.5 Å². The largest absolute Gasteiger partial charge is 0.506 e. The molecule has 0 aliphatic carbocycles. The molecular weight excluding hydrogens is 538 g/mol. The van der Waals surface area contributed by atoms with Crippen LogP contribution in [0.4, 0.5) is 0 Å². The van der Waals surface area contributed by atoms with Crippen LogP contribution in [-0.4, -0.2) is 32.2 Å². The van der Waals surface area contributed by atoms with Crippen molar-refractivity contribution in [1.29, 1.82) is 0 Å². The first-order valence-electron chi connectivity index (χ1n) is 10.1. The first kappa shape index (κ1) is 23.9. The van der Waals surface area contributed by atoms with Gasteiger partial charge in [0, 0.05) is 23.1 Å². The summed E-state index contributed by atoms with van der Waals surface area (Å²) >= 11 is 5.87. The zero-order valence-electron chi connectivity index (χ0n) is 18.2. The van der Waals surface area contributed by atoms with Crippen molar-refractivity contribution in [3.8, 4) is 16.2 Å². The third-order valence-corrected chi connectivity index (χ3v) is 7.46. The Kier molecular flexibility index (Phi) is 7.25. The van der Waals surface area contributed by atoms with Gasteiger partial charge in [0.25, 0.3) is 11.8 Å². The maximum atomic E-state index is 12.5. The van der Waals surface area contributed by atoms with Crippen molar-refractivity contribution in [2.45, 2.75) is 13.5 Å². The highest BCUT2D eigenvalue weighted by Crippen LogP contribution is 2.39. The average molecular weight is 558 g/mol. The number of aromatic nitrogens is 2. The van der Waals surface area contributed by atoms with Crippen LogP contribution in [0, 0.1) is 0 Å². The fourth-order valence-electron chi connectivity index (χ4n) is 3.06. The highest BCUT2D eigenvalue weighted by atomic mass is 79.9. The van der Waals surface area contributed by atoms with E-state index >= 15 is 0 Å².